The zero-order valence-corrected chi connectivity index (χ0v) is 16.4. The molecule has 0 radical (unpaired) electrons. The Kier molecular flexibility index (Phi) is 5.94. The summed E-state index contributed by atoms with van der Waals surface area (Å²) in [7, 11) is 0. The molecule has 1 aliphatic heterocycles. The Morgan fingerprint density at radius 1 is 1.11 bits per heavy atom. The topological polar surface area (TPSA) is 49.4 Å². The van der Waals surface area contributed by atoms with Crippen molar-refractivity contribution in [1.82, 2.24) is 0 Å². The van der Waals surface area contributed by atoms with E-state index in [1.807, 2.05) is 36.4 Å². The van der Waals surface area contributed by atoms with E-state index in [0.29, 0.717) is 12.5 Å². The van der Waals surface area contributed by atoms with E-state index in [-0.39, 0.29) is 24.2 Å². The Hall–Kier alpha value is -2.62. The summed E-state index contributed by atoms with van der Waals surface area (Å²) < 4.78 is 0. The van der Waals surface area contributed by atoms with Crippen LogP contribution in [0.4, 0.5) is 11.4 Å². The summed E-state index contributed by atoms with van der Waals surface area (Å²) in [4.78, 5) is 26.7. The molecule has 2 aromatic rings. The highest BCUT2D eigenvalue weighted by Gasteiger charge is 2.35. The summed E-state index contributed by atoms with van der Waals surface area (Å²) >= 11 is 0. The predicted octanol–water partition coefficient (Wildman–Crippen LogP) is 4.75. The van der Waals surface area contributed by atoms with Crippen LogP contribution in [0.5, 0.6) is 0 Å². The minimum absolute atomic E-state index is 0.00603. The first kappa shape index (κ1) is 19.2. The Morgan fingerprint density at radius 3 is 2.37 bits per heavy atom. The standard InChI is InChI=1S/C23H28N2O2/c1-4-16(3)18-8-10-20(11-9-18)24-23(27)19-14-22(26)25(15-19)21-12-6-17(5-2)7-13-21/h6-13,16,19H,4-5,14-15H2,1-3H3,(H,24,27). The first-order valence-electron chi connectivity index (χ1n) is 9.82. The van der Waals surface area contributed by atoms with Gasteiger partial charge in [0.25, 0.3) is 0 Å². The highest BCUT2D eigenvalue weighted by Crippen LogP contribution is 2.27. The van der Waals surface area contributed by atoms with Crippen LogP contribution in [0.1, 0.15) is 50.7 Å². The van der Waals surface area contributed by atoms with E-state index in [2.05, 4.69) is 38.2 Å². The van der Waals surface area contributed by atoms with Crippen molar-refractivity contribution in [2.45, 2.75) is 46.0 Å². The molecule has 3 rings (SSSR count). The van der Waals surface area contributed by atoms with E-state index in [9.17, 15) is 9.59 Å². The molecular formula is C23H28N2O2. The molecule has 4 nitrogen and oxygen atoms in total. The number of amides is 2. The predicted molar refractivity (Wildman–Crippen MR) is 110 cm³/mol. The molecule has 0 aliphatic carbocycles. The first-order chi connectivity index (χ1) is 13.0. The molecule has 2 amide bonds. The van der Waals surface area contributed by atoms with Gasteiger partial charge < -0.3 is 10.2 Å². The van der Waals surface area contributed by atoms with Crippen molar-refractivity contribution < 1.29 is 9.59 Å². The lowest BCUT2D eigenvalue weighted by atomic mass is 9.98. The van der Waals surface area contributed by atoms with Gasteiger partial charge in [0.2, 0.25) is 11.8 Å². The minimum atomic E-state index is -0.322. The molecule has 1 N–H and O–H groups in total. The van der Waals surface area contributed by atoms with Gasteiger partial charge in [-0.1, -0.05) is 45.0 Å². The lowest BCUT2D eigenvalue weighted by Gasteiger charge is -2.17. The number of rotatable bonds is 6. The van der Waals surface area contributed by atoms with Gasteiger partial charge in [0, 0.05) is 24.3 Å². The quantitative estimate of drug-likeness (QED) is 0.804. The smallest absolute Gasteiger partial charge is 0.229 e. The van der Waals surface area contributed by atoms with Gasteiger partial charge in [0.15, 0.2) is 0 Å². The second kappa shape index (κ2) is 8.38. The van der Waals surface area contributed by atoms with Crippen molar-refractivity contribution in [3.63, 3.8) is 0 Å². The van der Waals surface area contributed by atoms with E-state index < -0.39 is 0 Å². The van der Waals surface area contributed by atoms with Gasteiger partial charge in [-0.15, -0.1) is 0 Å². The molecule has 1 aliphatic rings. The molecule has 1 heterocycles. The molecule has 1 saturated heterocycles. The van der Waals surface area contributed by atoms with Crippen LogP contribution in [0.15, 0.2) is 48.5 Å². The Morgan fingerprint density at radius 2 is 1.78 bits per heavy atom. The number of anilines is 2. The average molecular weight is 364 g/mol. The van der Waals surface area contributed by atoms with E-state index in [1.54, 1.807) is 4.90 Å². The van der Waals surface area contributed by atoms with Crippen LogP contribution in [-0.2, 0) is 16.0 Å². The fourth-order valence-corrected chi connectivity index (χ4v) is 3.42. The molecule has 0 saturated carbocycles. The summed E-state index contributed by atoms with van der Waals surface area (Å²) in [6, 6.07) is 16.0. The molecule has 1 fully saturated rings. The van der Waals surface area contributed by atoms with Gasteiger partial charge in [0.05, 0.1) is 5.92 Å². The maximum Gasteiger partial charge on any atom is 0.229 e. The molecule has 0 bridgehead atoms. The molecule has 0 aromatic heterocycles. The summed E-state index contributed by atoms with van der Waals surface area (Å²) in [5.74, 6) is 0.103. The fraction of sp³-hybridized carbons (Fsp3) is 0.391. The number of nitrogens with zero attached hydrogens (tertiary/aromatic N) is 1. The van der Waals surface area contributed by atoms with E-state index in [0.717, 1.165) is 24.2 Å². The van der Waals surface area contributed by atoms with Crippen molar-refractivity contribution in [3.05, 3.63) is 59.7 Å². The minimum Gasteiger partial charge on any atom is -0.326 e. The third kappa shape index (κ3) is 4.38. The summed E-state index contributed by atoms with van der Waals surface area (Å²) in [6.45, 7) is 6.89. The normalized spacial score (nSPS) is 17.8. The summed E-state index contributed by atoms with van der Waals surface area (Å²) in [5, 5.41) is 2.96. The van der Waals surface area contributed by atoms with Gasteiger partial charge in [0.1, 0.15) is 0 Å². The molecule has 2 atom stereocenters. The van der Waals surface area contributed by atoms with Gasteiger partial charge in [-0.2, -0.15) is 0 Å². The lowest BCUT2D eigenvalue weighted by Crippen LogP contribution is -2.28. The van der Waals surface area contributed by atoms with Crippen molar-refractivity contribution in [3.8, 4) is 0 Å². The Bertz CT molecular complexity index is 796. The second-order valence-electron chi connectivity index (χ2n) is 7.35. The molecule has 2 unspecified atom stereocenters. The zero-order valence-electron chi connectivity index (χ0n) is 16.4. The van der Waals surface area contributed by atoms with Crippen LogP contribution in [-0.4, -0.2) is 18.4 Å². The first-order valence-corrected chi connectivity index (χ1v) is 9.82. The number of benzene rings is 2. The monoisotopic (exact) mass is 364 g/mol. The van der Waals surface area contributed by atoms with Gasteiger partial charge in [-0.05, 0) is 54.2 Å². The van der Waals surface area contributed by atoms with Crippen LogP contribution in [0.3, 0.4) is 0 Å². The van der Waals surface area contributed by atoms with Gasteiger partial charge in [-0.3, -0.25) is 9.59 Å². The van der Waals surface area contributed by atoms with Crippen molar-refractivity contribution in [2.75, 3.05) is 16.8 Å². The zero-order chi connectivity index (χ0) is 19.4. The molecule has 0 spiro atoms. The highest BCUT2D eigenvalue weighted by molar-refractivity contribution is 6.03. The number of hydrogen-bond donors (Lipinski definition) is 1. The third-order valence-electron chi connectivity index (χ3n) is 5.51. The molecule has 2 aromatic carbocycles. The van der Waals surface area contributed by atoms with Crippen LogP contribution >= 0.6 is 0 Å². The van der Waals surface area contributed by atoms with Crippen LogP contribution in [0.2, 0.25) is 0 Å². The maximum absolute atomic E-state index is 12.6. The summed E-state index contributed by atoms with van der Waals surface area (Å²) in [6.07, 6.45) is 2.31. The van der Waals surface area contributed by atoms with Gasteiger partial charge >= 0.3 is 0 Å². The van der Waals surface area contributed by atoms with Crippen molar-refractivity contribution in [2.24, 2.45) is 5.92 Å². The number of hydrogen-bond acceptors (Lipinski definition) is 2. The summed E-state index contributed by atoms with van der Waals surface area (Å²) in [5.41, 5.74) is 4.16. The third-order valence-corrected chi connectivity index (χ3v) is 5.51. The van der Waals surface area contributed by atoms with E-state index in [4.69, 9.17) is 0 Å². The number of nitrogens with one attached hydrogen (secondary N) is 1. The van der Waals surface area contributed by atoms with E-state index >= 15 is 0 Å². The molecule has 27 heavy (non-hydrogen) atoms. The van der Waals surface area contributed by atoms with Crippen molar-refractivity contribution in [1.29, 1.82) is 0 Å². The van der Waals surface area contributed by atoms with E-state index in [1.165, 1.54) is 11.1 Å². The average Bonchev–Trinajstić information content (AvgIpc) is 3.10. The highest BCUT2D eigenvalue weighted by atomic mass is 16.2. The molecule has 4 heteroatoms. The molecule has 142 valence electrons. The van der Waals surface area contributed by atoms with Crippen molar-refractivity contribution >= 4 is 23.2 Å². The Balaban J connectivity index is 1.63. The molecular weight excluding hydrogens is 336 g/mol. The maximum atomic E-state index is 12.6. The van der Waals surface area contributed by atoms with Crippen LogP contribution < -0.4 is 10.2 Å². The SMILES string of the molecule is CCc1ccc(N2CC(C(=O)Nc3ccc(C(C)CC)cc3)CC2=O)cc1. The number of carbonyl (C=O) groups is 2. The van der Waals surface area contributed by atoms with Crippen LogP contribution in [0.25, 0.3) is 0 Å². The van der Waals surface area contributed by atoms with Gasteiger partial charge in [-0.25, -0.2) is 0 Å². The number of carbonyl (C=O) groups excluding carboxylic acids is 2. The number of aryl methyl sites for hydroxylation is 1. The lowest BCUT2D eigenvalue weighted by molar-refractivity contribution is -0.122. The Labute approximate surface area is 161 Å². The van der Waals surface area contributed by atoms with Crippen LogP contribution in [0, 0.1) is 5.92 Å². The second-order valence-corrected chi connectivity index (χ2v) is 7.35. The largest absolute Gasteiger partial charge is 0.326 e. The fourth-order valence-electron chi connectivity index (χ4n) is 3.42.